The predicted molar refractivity (Wildman–Crippen MR) is 90.7 cm³/mol. The normalized spacial score (nSPS) is 10.8. The van der Waals surface area contributed by atoms with E-state index >= 15 is 0 Å². The number of carbonyl (C=O) groups is 1. The summed E-state index contributed by atoms with van der Waals surface area (Å²) < 4.78 is 24.0. The fraction of sp³-hybridized carbons (Fsp3) is 0.158. The van der Waals surface area contributed by atoms with Gasteiger partial charge in [0, 0.05) is 23.9 Å². The number of hydrogen-bond donors (Lipinski definition) is 1. The summed E-state index contributed by atoms with van der Waals surface area (Å²) in [5.74, 6) is -0.270. The first-order chi connectivity index (χ1) is 12.0. The minimum atomic E-state index is -0.505. The molecule has 3 aromatic rings. The zero-order chi connectivity index (χ0) is 17.8. The molecule has 25 heavy (non-hydrogen) atoms. The summed E-state index contributed by atoms with van der Waals surface area (Å²) in [6.07, 6.45) is 0.511. The highest BCUT2D eigenvalue weighted by molar-refractivity contribution is 5.82. The standard InChI is InChI=1S/C19H16FNO4/c20-14-3-1-2-12(8-14)11-24-15-5-6-16-13(4-7-18(21)22)9-19(23)25-17(16)10-15/h1-3,5-6,8-10H,4,7,11H2,(H2,21,22). The summed E-state index contributed by atoms with van der Waals surface area (Å²) in [5.41, 5.74) is 6.41. The van der Waals surface area contributed by atoms with Gasteiger partial charge in [0.2, 0.25) is 5.91 Å². The fourth-order valence-corrected chi connectivity index (χ4v) is 2.56. The number of nitrogens with two attached hydrogens (primary N) is 1. The van der Waals surface area contributed by atoms with Crippen LogP contribution in [-0.4, -0.2) is 5.91 Å². The number of fused-ring (bicyclic) bond motifs is 1. The van der Waals surface area contributed by atoms with Crippen molar-refractivity contribution in [3.05, 3.63) is 75.9 Å². The molecule has 0 fully saturated rings. The van der Waals surface area contributed by atoms with Crippen molar-refractivity contribution in [3.8, 4) is 5.75 Å². The summed E-state index contributed by atoms with van der Waals surface area (Å²) in [6.45, 7) is 0.189. The molecule has 0 unspecified atom stereocenters. The second kappa shape index (κ2) is 7.17. The van der Waals surface area contributed by atoms with Crippen LogP contribution in [0.25, 0.3) is 11.0 Å². The lowest BCUT2D eigenvalue weighted by molar-refractivity contribution is -0.117. The van der Waals surface area contributed by atoms with Gasteiger partial charge in [-0.3, -0.25) is 4.79 Å². The second-order valence-corrected chi connectivity index (χ2v) is 5.63. The second-order valence-electron chi connectivity index (χ2n) is 5.63. The maximum Gasteiger partial charge on any atom is 0.336 e. The Morgan fingerprint density at radius 2 is 2.00 bits per heavy atom. The molecule has 1 heterocycles. The Hall–Kier alpha value is -3.15. The third-order valence-corrected chi connectivity index (χ3v) is 3.74. The molecule has 128 valence electrons. The Labute approximate surface area is 142 Å². The van der Waals surface area contributed by atoms with E-state index in [1.54, 1.807) is 30.3 Å². The lowest BCUT2D eigenvalue weighted by Gasteiger charge is -2.09. The van der Waals surface area contributed by atoms with Crippen LogP contribution in [0.1, 0.15) is 17.5 Å². The van der Waals surface area contributed by atoms with E-state index in [0.29, 0.717) is 28.9 Å². The molecular formula is C19H16FNO4. The smallest absolute Gasteiger partial charge is 0.336 e. The van der Waals surface area contributed by atoms with E-state index in [9.17, 15) is 14.0 Å². The lowest BCUT2D eigenvalue weighted by Crippen LogP contribution is -2.12. The Balaban J connectivity index is 1.84. The van der Waals surface area contributed by atoms with Crippen LogP contribution in [-0.2, 0) is 17.8 Å². The zero-order valence-electron chi connectivity index (χ0n) is 13.3. The molecule has 0 radical (unpaired) electrons. The van der Waals surface area contributed by atoms with Gasteiger partial charge in [-0.05, 0) is 41.8 Å². The molecule has 0 saturated heterocycles. The molecule has 3 rings (SSSR count). The molecule has 0 saturated carbocycles. The number of primary amides is 1. The molecule has 0 aliphatic rings. The quantitative estimate of drug-likeness (QED) is 0.699. The van der Waals surface area contributed by atoms with Crippen LogP contribution >= 0.6 is 0 Å². The minimum absolute atomic E-state index is 0.149. The Bertz CT molecular complexity index is 981. The van der Waals surface area contributed by atoms with Crippen molar-refractivity contribution in [1.82, 2.24) is 0 Å². The van der Waals surface area contributed by atoms with Crippen molar-refractivity contribution in [2.45, 2.75) is 19.4 Å². The fourth-order valence-electron chi connectivity index (χ4n) is 2.56. The SMILES string of the molecule is NC(=O)CCc1cc(=O)oc2cc(OCc3cccc(F)c3)ccc12. The highest BCUT2D eigenvalue weighted by Crippen LogP contribution is 2.24. The predicted octanol–water partition coefficient (Wildman–Crippen LogP) is 2.93. The minimum Gasteiger partial charge on any atom is -0.489 e. The average Bonchev–Trinajstić information content (AvgIpc) is 2.57. The van der Waals surface area contributed by atoms with Gasteiger partial charge in [-0.15, -0.1) is 0 Å². The number of benzene rings is 2. The first-order valence-corrected chi connectivity index (χ1v) is 7.73. The van der Waals surface area contributed by atoms with Gasteiger partial charge in [-0.1, -0.05) is 12.1 Å². The number of amides is 1. The van der Waals surface area contributed by atoms with Crippen LogP contribution in [0.5, 0.6) is 5.75 Å². The molecule has 2 aromatic carbocycles. The summed E-state index contributed by atoms with van der Waals surface area (Å²) >= 11 is 0. The molecule has 6 heteroatoms. The first kappa shape index (κ1) is 16.7. The molecule has 0 bridgehead atoms. The van der Waals surface area contributed by atoms with Gasteiger partial charge in [0.15, 0.2) is 0 Å². The number of halogens is 1. The molecule has 0 atom stereocenters. The van der Waals surface area contributed by atoms with E-state index < -0.39 is 11.5 Å². The van der Waals surface area contributed by atoms with Gasteiger partial charge in [0.25, 0.3) is 0 Å². The summed E-state index contributed by atoms with van der Waals surface area (Å²) in [4.78, 5) is 22.7. The number of aryl methyl sites for hydroxylation is 1. The molecule has 1 aromatic heterocycles. The van der Waals surface area contributed by atoms with E-state index in [1.807, 2.05) is 0 Å². The summed E-state index contributed by atoms with van der Waals surface area (Å²) in [5, 5.41) is 0.721. The van der Waals surface area contributed by atoms with Crippen molar-refractivity contribution in [3.63, 3.8) is 0 Å². The molecule has 5 nitrogen and oxygen atoms in total. The topological polar surface area (TPSA) is 82.5 Å². The van der Waals surface area contributed by atoms with Crippen molar-refractivity contribution in [2.75, 3.05) is 0 Å². The van der Waals surface area contributed by atoms with Gasteiger partial charge in [0.05, 0.1) is 0 Å². The average molecular weight is 341 g/mol. The molecule has 0 aliphatic carbocycles. The van der Waals surface area contributed by atoms with Crippen molar-refractivity contribution in [1.29, 1.82) is 0 Å². The summed E-state index contributed by atoms with van der Waals surface area (Å²) in [6, 6.07) is 12.6. The number of rotatable bonds is 6. The number of carbonyl (C=O) groups excluding carboxylic acids is 1. The Morgan fingerprint density at radius 3 is 2.76 bits per heavy atom. The van der Waals surface area contributed by atoms with Crippen LogP contribution in [0.4, 0.5) is 4.39 Å². The van der Waals surface area contributed by atoms with Gasteiger partial charge < -0.3 is 14.9 Å². The van der Waals surface area contributed by atoms with Gasteiger partial charge in [-0.2, -0.15) is 0 Å². The monoisotopic (exact) mass is 341 g/mol. The van der Waals surface area contributed by atoms with Crippen LogP contribution in [0.2, 0.25) is 0 Å². The van der Waals surface area contributed by atoms with E-state index in [2.05, 4.69) is 0 Å². The molecule has 0 spiro atoms. The first-order valence-electron chi connectivity index (χ1n) is 7.73. The lowest BCUT2D eigenvalue weighted by atomic mass is 10.1. The van der Waals surface area contributed by atoms with Gasteiger partial charge >= 0.3 is 5.63 Å². The Kier molecular flexibility index (Phi) is 4.79. The third kappa shape index (κ3) is 4.23. The maximum absolute atomic E-state index is 13.2. The highest BCUT2D eigenvalue weighted by atomic mass is 19.1. The number of ether oxygens (including phenoxy) is 1. The largest absolute Gasteiger partial charge is 0.489 e. The maximum atomic E-state index is 13.2. The van der Waals surface area contributed by atoms with Crippen LogP contribution < -0.4 is 16.1 Å². The van der Waals surface area contributed by atoms with E-state index in [1.165, 1.54) is 18.2 Å². The van der Waals surface area contributed by atoms with Crippen LogP contribution in [0, 0.1) is 5.82 Å². The molecule has 2 N–H and O–H groups in total. The van der Waals surface area contributed by atoms with Gasteiger partial charge in [0.1, 0.15) is 23.8 Å². The van der Waals surface area contributed by atoms with Crippen molar-refractivity contribution >= 4 is 16.9 Å². The van der Waals surface area contributed by atoms with Gasteiger partial charge in [-0.25, -0.2) is 9.18 Å². The molecule has 1 amide bonds. The van der Waals surface area contributed by atoms with Crippen LogP contribution in [0.3, 0.4) is 0 Å². The van der Waals surface area contributed by atoms with Crippen molar-refractivity contribution < 1.29 is 18.3 Å². The zero-order valence-corrected chi connectivity index (χ0v) is 13.3. The highest BCUT2D eigenvalue weighted by Gasteiger charge is 2.09. The van der Waals surface area contributed by atoms with Crippen molar-refractivity contribution in [2.24, 2.45) is 5.73 Å². The Morgan fingerprint density at radius 1 is 1.16 bits per heavy atom. The summed E-state index contributed by atoms with van der Waals surface area (Å²) in [7, 11) is 0. The van der Waals surface area contributed by atoms with Crippen LogP contribution in [0.15, 0.2) is 57.7 Å². The molecule has 0 aliphatic heterocycles. The van der Waals surface area contributed by atoms with E-state index in [-0.39, 0.29) is 18.8 Å². The van der Waals surface area contributed by atoms with E-state index in [0.717, 1.165) is 5.39 Å². The molecular weight excluding hydrogens is 325 g/mol. The van der Waals surface area contributed by atoms with E-state index in [4.69, 9.17) is 14.9 Å². The third-order valence-electron chi connectivity index (χ3n) is 3.74. The number of hydrogen-bond acceptors (Lipinski definition) is 4.